The van der Waals surface area contributed by atoms with Crippen molar-refractivity contribution in [3.63, 3.8) is 0 Å². The fourth-order valence-corrected chi connectivity index (χ4v) is 1.78. The van der Waals surface area contributed by atoms with Crippen LogP contribution in [0.5, 0.6) is 0 Å². The summed E-state index contributed by atoms with van der Waals surface area (Å²) in [5.41, 5.74) is 0.921. The molecule has 4 heteroatoms. The van der Waals surface area contributed by atoms with Gasteiger partial charge < -0.3 is 10.0 Å². The van der Waals surface area contributed by atoms with E-state index in [1.165, 1.54) is 6.07 Å². The molecule has 0 radical (unpaired) electrons. The second-order valence-corrected chi connectivity index (χ2v) is 4.26. The summed E-state index contributed by atoms with van der Waals surface area (Å²) in [7, 11) is 1.87. The maximum atomic E-state index is 11.1. The van der Waals surface area contributed by atoms with E-state index in [4.69, 9.17) is 16.7 Å². The molecule has 17 heavy (non-hydrogen) atoms. The Hall–Kier alpha value is -1.48. The zero-order valence-electron chi connectivity index (χ0n) is 9.82. The fraction of sp³-hybridized carbons (Fsp3) is 0.308. The Morgan fingerprint density at radius 1 is 1.59 bits per heavy atom. The molecule has 0 fully saturated rings. The lowest BCUT2D eigenvalue weighted by Gasteiger charge is -2.21. The minimum atomic E-state index is -0.960. The van der Waals surface area contributed by atoms with Crippen molar-refractivity contribution in [2.45, 2.75) is 12.8 Å². The minimum absolute atomic E-state index is 0.235. The highest BCUT2D eigenvalue weighted by Crippen LogP contribution is 2.23. The van der Waals surface area contributed by atoms with Gasteiger partial charge in [0.15, 0.2) is 0 Å². The average molecular weight is 254 g/mol. The highest BCUT2D eigenvalue weighted by molar-refractivity contribution is 6.31. The molecule has 1 aromatic carbocycles. The largest absolute Gasteiger partial charge is 0.478 e. The van der Waals surface area contributed by atoms with Crippen molar-refractivity contribution in [2.75, 3.05) is 18.5 Å². The smallest absolute Gasteiger partial charge is 0.337 e. The van der Waals surface area contributed by atoms with Crippen molar-refractivity contribution in [1.82, 2.24) is 0 Å². The molecule has 0 unspecified atom stereocenters. The van der Waals surface area contributed by atoms with Crippen molar-refractivity contribution < 1.29 is 9.90 Å². The molecule has 1 aromatic rings. The summed E-state index contributed by atoms with van der Waals surface area (Å²) in [6, 6.07) is 4.91. The zero-order valence-corrected chi connectivity index (χ0v) is 10.6. The monoisotopic (exact) mass is 253 g/mol. The number of unbranched alkanes of at least 4 members (excludes halogenated alkanes) is 1. The molecule has 0 amide bonds. The summed E-state index contributed by atoms with van der Waals surface area (Å²) in [5, 5.41) is 9.54. The molecular formula is C13H16ClNO2. The molecule has 3 nitrogen and oxygen atoms in total. The van der Waals surface area contributed by atoms with E-state index in [1.54, 1.807) is 12.1 Å². The lowest BCUT2D eigenvalue weighted by atomic mass is 10.1. The predicted molar refractivity (Wildman–Crippen MR) is 71.1 cm³/mol. The van der Waals surface area contributed by atoms with Crippen LogP contribution >= 0.6 is 11.6 Å². The summed E-state index contributed by atoms with van der Waals surface area (Å²) in [6.07, 6.45) is 3.72. The van der Waals surface area contributed by atoms with Crippen molar-refractivity contribution in [2.24, 2.45) is 0 Å². The predicted octanol–water partition coefficient (Wildman–Crippen LogP) is 3.44. The normalized spacial score (nSPS) is 10.0. The van der Waals surface area contributed by atoms with Crippen LogP contribution in [-0.2, 0) is 0 Å². The highest BCUT2D eigenvalue weighted by atomic mass is 35.5. The molecule has 0 aliphatic carbocycles. The first kappa shape index (κ1) is 13.6. The first-order valence-electron chi connectivity index (χ1n) is 5.41. The quantitative estimate of drug-likeness (QED) is 0.624. The van der Waals surface area contributed by atoms with Gasteiger partial charge in [-0.3, -0.25) is 0 Å². The van der Waals surface area contributed by atoms with Gasteiger partial charge in [-0.25, -0.2) is 4.79 Å². The van der Waals surface area contributed by atoms with E-state index in [2.05, 4.69) is 6.58 Å². The van der Waals surface area contributed by atoms with Crippen molar-refractivity contribution in [3.05, 3.63) is 41.4 Å². The standard InChI is InChI=1S/C13H16ClNO2/c1-3-4-5-8-15(2)12-7-6-10(14)9-11(12)13(16)17/h3,6-7,9H,1,4-5,8H2,2H3,(H,16,17). The molecule has 0 saturated carbocycles. The number of allylic oxidation sites excluding steroid dienone is 1. The van der Waals surface area contributed by atoms with E-state index >= 15 is 0 Å². The Kier molecular flexibility index (Phi) is 5.04. The van der Waals surface area contributed by atoms with E-state index in [0.717, 1.165) is 19.4 Å². The number of carboxylic acids is 1. The van der Waals surface area contributed by atoms with Crippen molar-refractivity contribution >= 4 is 23.3 Å². The van der Waals surface area contributed by atoms with E-state index < -0.39 is 5.97 Å². The summed E-state index contributed by atoms with van der Waals surface area (Å²) < 4.78 is 0. The Bertz CT molecular complexity index is 418. The highest BCUT2D eigenvalue weighted by Gasteiger charge is 2.13. The van der Waals surface area contributed by atoms with Gasteiger partial charge in [-0.1, -0.05) is 17.7 Å². The Labute approximate surface area is 106 Å². The molecule has 0 aliphatic rings. The summed E-state index contributed by atoms with van der Waals surface area (Å²) in [5.74, 6) is -0.960. The van der Waals surface area contributed by atoms with Crippen LogP contribution in [0.1, 0.15) is 23.2 Å². The summed E-state index contributed by atoms with van der Waals surface area (Å²) in [6.45, 7) is 4.44. The van der Waals surface area contributed by atoms with Gasteiger partial charge >= 0.3 is 5.97 Å². The van der Waals surface area contributed by atoms with Gasteiger partial charge in [0.2, 0.25) is 0 Å². The second kappa shape index (κ2) is 6.30. The number of nitrogens with zero attached hydrogens (tertiary/aromatic N) is 1. The van der Waals surface area contributed by atoms with Gasteiger partial charge in [-0.05, 0) is 31.0 Å². The summed E-state index contributed by atoms with van der Waals surface area (Å²) in [4.78, 5) is 13.0. The molecular weight excluding hydrogens is 238 g/mol. The molecule has 0 heterocycles. The van der Waals surface area contributed by atoms with Crippen molar-refractivity contribution in [3.8, 4) is 0 Å². The molecule has 92 valence electrons. The molecule has 0 aromatic heterocycles. The Balaban J connectivity index is 2.88. The third kappa shape index (κ3) is 3.79. The van der Waals surface area contributed by atoms with Crippen LogP contribution in [0.4, 0.5) is 5.69 Å². The van der Waals surface area contributed by atoms with Crippen LogP contribution in [0.3, 0.4) is 0 Å². The number of benzene rings is 1. The first-order chi connectivity index (χ1) is 8.06. The van der Waals surface area contributed by atoms with E-state index in [-0.39, 0.29) is 5.56 Å². The van der Waals surface area contributed by atoms with E-state index in [1.807, 2.05) is 18.0 Å². The maximum absolute atomic E-state index is 11.1. The third-order valence-electron chi connectivity index (χ3n) is 2.50. The Morgan fingerprint density at radius 2 is 2.29 bits per heavy atom. The van der Waals surface area contributed by atoms with Crippen LogP contribution < -0.4 is 4.90 Å². The number of carbonyl (C=O) groups is 1. The molecule has 0 atom stereocenters. The first-order valence-corrected chi connectivity index (χ1v) is 5.79. The lowest BCUT2D eigenvalue weighted by molar-refractivity contribution is 0.0697. The number of rotatable bonds is 6. The average Bonchev–Trinajstić information content (AvgIpc) is 2.29. The van der Waals surface area contributed by atoms with Crippen molar-refractivity contribution in [1.29, 1.82) is 0 Å². The van der Waals surface area contributed by atoms with E-state index in [9.17, 15) is 4.79 Å². The number of anilines is 1. The molecule has 0 bridgehead atoms. The topological polar surface area (TPSA) is 40.5 Å². The number of aromatic carboxylic acids is 1. The number of halogens is 1. The zero-order chi connectivity index (χ0) is 12.8. The number of carboxylic acid groups (broad SMARTS) is 1. The van der Waals surface area contributed by atoms with Crippen LogP contribution in [0.2, 0.25) is 5.02 Å². The van der Waals surface area contributed by atoms with Crippen LogP contribution in [0.15, 0.2) is 30.9 Å². The molecule has 1 N–H and O–H groups in total. The van der Waals surface area contributed by atoms with Gasteiger partial charge in [0, 0.05) is 18.6 Å². The van der Waals surface area contributed by atoms with E-state index in [0.29, 0.717) is 10.7 Å². The molecule has 0 aliphatic heterocycles. The minimum Gasteiger partial charge on any atom is -0.478 e. The lowest BCUT2D eigenvalue weighted by Crippen LogP contribution is -2.21. The third-order valence-corrected chi connectivity index (χ3v) is 2.74. The van der Waals surface area contributed by atoms with Gasteiger partial charge in [0.25, 0.3) is 0 Å². The SMILES string of the molecule is C=CCCCN(C)c1ccc(Cl)cc1C(=O)O. The summed E-state index contributed by atoms with van der Waals surface area (Å²) >= 11 is 5.80. The molecule has 0 spiro atoms. The van der Waals surface area contributed by atoms with Crippen LogP contribution in [0, 0.1) is 0 Å². The van der Waals surface area contributed by atoms with Crippen LogP contribution in [0.25, 0.3) is 0 Å². The molecule has 1 rings (SSSR count). The Morgan fingerprint density at radius 3 is 2.88 bits per heavy atom. The van der Waals surface area contributed by atoms with Gasteiger partial charge in [0.05, 0.1) is 11.3 Å². The fourth-order valence-electron chi connectivity index (χ4n) is 1.61. The van der Waals surface area contributed by atoms with Gasteiger partial charge in [0.1, 0.15) is 0 Å². The van der Waals surface area contributed by atoms with Gasteiger partial charge in [-0.2, -0.15) is 0 Å². The molecule has 0 saturated heterocycles. The maximum Gasteiger partial charge on any atom is 0.337 e. The second-order valence-electron chi connectivity index (χ2n) is 3.82. The van der Waals surface area contributed by atoms with Crippen LogP contribution in [-0.4, -0.2) is 24.7 Å². The van der Waals surface area contributed by atoms with Gasteiger partial charge in [-0.15, -0.1) is 6.58 Å². The number of hydrogen-bond donors (Lipinski definition) is 1. The number of hydrogen-bond acceptors (Lipinski definition) is 2.